The lowest BCUT2D eigenvalue weighted by Gasteiger charge is -2.18. The Kier molecular flexibility index (Phi) is 5.14. The van der Waals surface area contributed by atoms with E-state index in [-0.39, 0.29) is 24.0 Å². The first-order valence-electron chi connectivity index (χ1n) is 9.05. The molecule has 29 heavy (non-hydrogen) atoms. The van der Waals surface area contributed by atoms with E-state index >= 15 is 0 Å². The van der Waals surface area contributed by atoms with E-state index < -0.39 is 24.2 Å². The number of rotatable bonds is 3. The molecule has 3 aromatic heterocycles. The Labute approximate surface area is 169 Å². The van der Waals surface area contributed by atoms with Crippen LogP contribution in [0.5, 0.6) is 0 Å². The highest BCUT2D eigenvalue weighted by molar-refractivity contribution is 7.10. The molecule has 0 spiro atoms. The number of aliphatic hydroxyl groups excluding tert-OH is 2. The maximum atomic E-state index is 12.2. The van der Waals surface area contributed by atoms with Crippen LogP contribution in [0.2, 0.25) is 0 Å². The molecule has 0 bridgehead atoms. The molecule has 1 saturated carbocycles. The summed E-state index contributed by atoms with van der Waals surface area (Å²) in [6.45, 7) is 2.24. The van der Waals surface area contributed by atoms with Crippen molar-refractivity contribution in [2.75, 3.05) is 12.3 Å². The molecule has 4 rings (SSSR count). The Hall–Kier alpha value is -3.07. The van der Waals surface area contributed by atoms with Gasteiger partial charge in [-0.05, 0) is 25.2 Å². The molecular formula is C18H19N7O3S. The molecule has 0 aromatic carbocycles. The highest BCUT2D eigenvalue weighted by atomic mass is 32.1. The largest absolute Gasteiger partial charge is 0.390 e. The van der Waals surface area contributed by atoms with E-state index in [1.807, 2.05) is 5.38 Å². The predicted molar refractivity (Wildman–Crippen MR) is 106 cm³/mol. The lowest BCUT2D eigenvalue weighted by atomic mass is 10.0. The number of amides is 1. The molecule has 5 N–H and O–H groups in total. The Balaban J connectivity index is 1.70. The molecule has 1 aliphatic carbocycles. The van der Waals surface area contributed by atoms with Crippen LogP contribution in [0.3, 0.4) is 0 Å². The number of fused-ring (bicyclic) bond motifs is 1. The lowest BCUT2D eigenvalue weighted by molar-refractivity contribution is -0.128. The van der Waals surface area contributed by atoms with Crippen LogP contribution in [-0.4, -0.2) is 59.4 Å². The topological polar surface area (TPSA) is 152 Å². The summed E-state index contributed by atoms with van der Waals surface area (Å²) in [5, 5.41) is 26.0. The summed E-state index contributed by atoms with van der Waals surface area (Å²) in [7, 11) is 0. The maximum absolute atomic E-state index is 12.2. The molecule has 1 fully saturated rings. The van der Waals surface area contributed by atoms with Gasteiger partial charge in [-0.2, -0.15) is 0 Å². The monoisotopic (exact) mass is 413 g/mol. The van der Waals surface area contributed by atoms with Crippen LogP contribution in [0.25, 0.3) is 11.2 Å². The van der Waals surface area contributed by atoms with Gasteiger partial charge in [0.15, 0.2) is 16.5 Å². The molecule has 0 aliphatic heterocycles. The summed E-state index contributed by atoms with van der Waals surface area (Å²) in [6, 6.07) is -0.586. The Morgan fingerprint density at radius 3 is 2.90 bits per heavy atom. The first-order valence-corrected chi connectivity index (χ1v) is 9.93. The lowest BCUT2D eigenvalue weighted by Crippen LogP contribution is -2.38. The predicted octanol–water partition coefficient (Wildman–Crippen LogP) is -0.316. The standard InChI is InChI=1S/C18H19N7O3S/c1-2-20-18(28)9-7-10(15(27)14(9)26)25-8-22-13-16(19)23-11(24-17(13)25)3-4-12-21-5-6-29-12/h5-6,8-10,14-15,26-27H,2,7H2,1H3,(H,20,28)(H2,19,23,24)/t9-,10+,14+,15-/m0/s1. The number of thiazole rings is 1. The van der Waals surface area contributed by atoms with Gasteiger partial charge in [-0.25, -0.2) is 19.9 Å². The molecule has 11 heteroatoms. The first kappa shape index (κ1) is 19.3. The number of nitrogens with one attached hydrogen (secondary N) is 1. The van der Waals surface area contributed by atoms with E-state index in [9.17, 15) is 15.0 Å². The number of aromatic nitrogens is 5. The van der Waals surface area contributed by atoms with Crippen molar-refractivity contribution < 1.29 is 15.0 Å². The molecule has 0 unspecified atom stereocenters. The summed E-state index contributed by atoms with van der Waals surface area (Å²) in [5.41, 5.74) is 6.76. The van der Waals surface area contributed by atoms with E-state index in [0.29, 0.717) is 22.7 Å². The molecule has 0 saturated heterocycles. The van der Waals surface area contributed by atoms with Crippen molar-refractivity contribution in [1.29, 1.82) is 0 Å². The Morgan fingerprint density at radius 2 is 2.17 bits per heavy atom. The normalized spacial score (nSPS) is 23.7. The van der Waals surface area contributed by atoms with Crippen molar-refractivity contribution >= 4 is 34.2 Å². The zero-order valence-electron chi connectivity index (χ0n) is 15.5. The third-order valence-electron chi connectivity index (χ3n) is 4.86. The third-order valence-corrected chi connectivity index (χ3v) is 5.55. The number of hydrogen-bond donors (Lipinski definition) is 4. The van der Waals surface area contributed by atoms with Crippen molar-refractivity contribution in [1.82, 2.24) is 29.8 Å². The van der Waals surface area contributed by atoms with Gasteiger partial charge in [0.25, 0.3) is 0 Å². The number of carbonyl (C=O) groups is 1. The van der Waals surface area contributed by atoms with E-state index in [1.54, 1.807) is 17.7 Å². The SMILES string of the molecule is CCNC(=O)[C@H]1C[C@@H](n2cnc3c(N)nc(C#Cc4nccs4)nc32)[C@H](O)[C@@H]1O. The number of imidazole rings is 1. The van der Waals surface area contributed by atoms with Crippen molar-refractivity contribution in [3.8, 4) is 11.8 Å². The van der Waals surface area contributed by atoms with Crippen LogP contribution in [-0.2, 0) is 4.79 Å². The van der Waals surface area contributed by atoms with Gasteiger partial charge < -0.3 is 25.8 Å². The second kappa shape index (κ2) is 7.75. The second-order valence-corrected chi connectivity index (χ2v) is 7.52. The van der Waals surface area contributed by atoms with Gasteiger partial charge in [0.1, 0.15) is 11.6 Å². The third kappa shape index (κ3) is 3.53. The molecule has 150 valence electrons. The second-order valence-electron chi connectivity index (χ2n) is 6.63. The van der Waals surface area contributed by atoms with Gasteiger partial charge in [0, 0.05) is 18.1 Å². The van der Waals surface area contributed by atoms with Gasteiger partial charge >= 0.3 is 0 Å². The summed E-state index contributed by atoms with van der Waals surface area (Å²) in [5.74, 6) is 5.03. The minimum absolute atomic E-state index is 0.158. The molecule has 3 aromatic rings. The number of nitrogens with two attached hydrogens (primary N) is 1. The first-order chi connectivity index (χ1) is 14.0. The molecule has 1 amide bonds. The number of hydrogen-bond acceptors (Lipinski definition) is 9. The van der Waals surface area contributed by atoms with Crippen molar-refractivity contribution in [2.24, 2.45) is 5.92 Å². The highest BCUT2D eigenvalue weighted by Gasteiger charge is 2.46. The molecule has 1 aliphatic rings. The molecule has 10 nitrogen and oxygen atoms in total. The summed E-state index contributed by atoms with van der Waals surface area (Å²) in [6.07, 6.45) is 1.03. The Bertz CT molecular complexity index is 1100. The fraction of sp³-hybridized carbons (Fsp3) is 0.389. The average Bonchev–Trinajstić information content (AvgIpc) is 3.41. The van der Waals surface area contributed by atoms with Gasteiger partial charge in [0.2, 0.25) is 11.7 Å². The van der Waals surface area contributed by atoms with Crippen LogP contribution in [0.1, 0.15) is 30.2 Å². The van der Waals surface area contributed by atoms with E-state index in [2.05, 4.69) is 37.1 Å². The smallest absolute Gasteiger partial charge is 0.225 e. The molecule has 4 atom stereocenters. The van der Waals surface area contributed by atoms with Crippen LogP contribution in [0, 0.1) is 17.8 Å². The Morgan fingerprint density at radius 1 is 1.34 bits per heavy atom. The summed E-state index contributed by atoms with van der Waals surface area (Å²) < 4.78 is 1.62. The fourth-order valence-electron chi connectivity index (χ4n) is 3.48. The van der Waals surface area contributed by atoms with Crippen LogP contribution < -0.4 is 11.1 Å². The van der Waals surface area contributed by atoms with E-state index in [1.165, 1.54) is 17.7 Å². The van der Waals surface area contributed by atoms with Crippen LogP contribution >= 0.6 is 11.3 Å². The number of anilines is 1. The maximum Gasteiger partial charge on any atom is 0.225 e. The zero-order chi connectivity index (χ0) is 20.5. The summed E-state index contributed by atoms with van der Waals surface area (Å²) in [4.78, 5) is 29.1. The number of carbonyl (C=O) groups excluding carboxylic acids is 1. The van der Waals surface area contributed by atoms with Gasteiger partial charge in [0.05, 0.1) is 24.4 Å². The fourth-order valence-corrected chi connectivity index (χ4v) is 3.96. The molecule has 3 heterocycles. The van der Waals surface area contributed by atoms with Gasteiger partial charge in [-0.3, -0.25) is 4.79 Å². The molecular weight excluding hydrogens is 394 g/mol. The number of nitrogen functional groups attached to an aromatic ring is 1. The van der Waals surface area contributed by atoms with Gasteiger partial charge in [-0.1, -0.05) is 0 Å². The van der Waals surface area contributed by atoms with Crippen LogP contribution in [0.4, 0.5) is 5.82 Å². The van der Waals surface area contributed by atoms with Crippen molar-refractivity contribution in [3.05, 3.63) is 28.7 Å². The van der Waals surface area contributed by atoms with Gasteiger partial charge in [-0.15, -0.1) is 11.3 Å². The summed E-state index contributed by atoms with van der Waals surface area (Å²) >= 11 is 1.39. The molecule has 0 radical (unpaired) electrons. The van der Waals surface area contributed by atoms with E-state index in [0.717, 1.165) is 0 Å². The minimum Gasteiger partial charge on any atom is -0.390 e. The number of nitrogens with zero attached hydrogens (tertiary/aromatic N) is 5. The zero-order valence-corrected chi connectivity index (χ0v) is 16.3. The number of aliphatic hydroxyl groups is 2. The minimum atomic E-state index is -1.19. The average molecular weight is 413 g/mol. The van der Waals surface area contributed by atoms with Crippen molar-refractivity contribution in [2.45, 2.75) is 31.6 Å². The van der Waals surface area contributed by atoms with Crippen LogP contribution in [0.15, 0.2) is 17.9 Å². The van der Waals surface area contributed by atoms with E-state index in [4.69, 9.17) is 5.73 Å². The van der Waals surface area contributed by atoms with Crippen molar-refractivity contribution in [3.63, 3.8) is 0 Å². The quantitative estimate of drug-likeness (QED) is 0.427. The highest BCUT2D eigenvalue weighted by Crippen LogP contribution is 2.37.